The average molecular weight is 136 g/mol. The van der Waals surface area contributed by atoms with Crippen molar-refractivity contribution in [3.63, 3.8) is 0 Å². The van der Waals surface area contributed by atoms with Crippen LogP contribution in [0.5, 0.6) is 0 Å². The summed E-state index contributed by atoms with van der Waals surface area (Å²) < 4.78 is 5.04. The van der Waals surface area contributed by atoms with Crippen molar-refractivity contribution in [2.75, 3.05) is 13.2 Å². The van der Waals surface area contributed by atoms with E-state index in [1.165, 1.54) is 12.8 Å². The first-order valence-corrected chi connectivity index (χ1v) is 3.61. The summed E-state index contributed by atoms with van der Waals surface area (Å²) in [6, 6.07) is 0. The molecule has 0 heterocycles. The zero-order valence-electron chi connectivity index (χ0n) is 6.05. The molecule has 54 valence electrons. The number of terminal acetylenes is 1. The number of allylic oxidation sites excluding steroid dienone is 1. The predicted octanol–water partition coefficient (Wildman–Crippen LogP) is 1.60. The van der Waals surface area contributed by atoms with E-state index in [1.807, 2.05) is 0 Å². The molecular weight excluding hydrogens is 124 g/mol. The van der Waals surface area contributed by atoms with Gasteiger partial charge in [0.25, 0.3) is 0 Å². The SMILES string of the molecule is C#CCOCC=CC1CC1. The summed E-state index contributed by atoms with van der Waals surface area (Å²) in [5.41, 5.74) is 0. The summed E-state index contributed by atoms with van der Waals surface area (Å²) in [4.78, 5) is 0. The molecule has 1 heteroatoms. The number of ether oxygens (including phenoxy) is 1. The third kappa shape index (κ3) is 3.32. The molecule has 0 unspecified atom stereocenters. The molecule has 0 N–H and O–H groups in total. The molecular formula is C9H12O. The highest BCUT2D eigenvalue weighted by atomic mass is 16.5. The van der Waals surface area contributed by atoms with Gasteiger partial charge in [-0.2, -0.15) is 0 Å². The van der Waals surface area contributed by atoms with Crippen molar-refractivity contribution >= 4 is 0 Å². The van der Waals surface area contributed by atoms with E-state index < -0.39 is 0 Å². The molecule has 0 saturated heterocycles. The molecule has 1 saturated carbocycles. The Bertz CT molecular complexity index is 149. The van der Waals surface area contributed by atoms with Crippen molar-refractivity contribution in [1.29, 1.82) is 0 Å². The van der Waals surface area contributed by atoms with Gasteiger partial charge in [-0.25, -0.2) is 0 Å². The van der Waals surface area contributed by atoms with Gasteiger partial charge in [0, 0.05) is 0 Å². The third-order valence-electron chi connectivity index (χ3n) is 1.43. The fraction of sp³-hybridized carbons (Fsp3) is 0.556. The lowest BCUT2D eigenvalue weighted by molar-refractivity contribution is 0.199. The predicted molar refractivity (Wildman–Crippen MR) is 41.5 cm³/mol. The van der Waals surface area contributed by atoms with Gasteiger partial charge in [-0.3, -0.25) is 0 Å². The van der Waals surface area contributed by atoms with Gasteiger partial charge in [-0.15, -0.1) is 6.42 Å². The van der Waals surface area contributed by atoms with E-state index in [0.29, 0.717) is 13.2 Å². The lowest BCUT2D eigenvalue weighted by atomic mass is 10.4. The second kappa shape index (κ2) is 4.14. The summed E-state index contributed by atoms with van der Waals surface area (Å²) in [7, 11) is 0. The van der Waals surface area contributed by atoms with Gasteiger partial charge in [0.1, 0.15) is 6.61 Å². The van der Waals surface area contributed by atoms with Gasteiger partial charge in [-0.1, -0.05) is 18.1 Å². The highest BCUT2D eigenvalue weighted by Crippen LogP contribution is 2.29. The van der Waals surface area contributed by atoms with E-state index in [9.17, 15) is 0 Å². The second-order valence-electron chi connectivity index (χ2n) is 2.48. The first-order chi connectivity index (χ1) is 4.93. The first-order valence-electron chi connectivity index (χ1n) is 3.61. The van der Waals surface area contributed by atoms with E-state index in [-0.39, 0.29) is 0 Å². The lowest BCUT2D eigenvalue weighted by Gasteiger charge is -1.90. The van der Waals surface area contributed by atoms with E-state index in [1.54, 1.807) is 0 Å². The topological polar surface area (TPSA) is 9.23 Å². The molecule has 1 nitrogen and oxygen atoms in total. The Labute approximate surface area is 62.1 Å². The number of hydrogen-bond donors (Lipinski definition) is 0. The van der Waals surface area contributed by atoms with Crippen molar-refractivity contribution < 1.29 is 4.74 Å². The highest BCUT2D eigenvalue weighted by molar-refractivity contribution is 4.96. The maximum absolute atomic E-state index is 5.04. The maximum Gasteiger partial charge on any atom is 0.107 e. The van der Waals surface area contributed by atoms with Gasteiger partial charge < -0.3 is 4.74 Å². The zero-order chi connectivity index (χ0) is 7.23. The minimum atomic E-state index is 0.426. The van der Waals surface area contributed by atoms with Gasteiger partial charge in [0.15, 0.2) is 0 Å². The molecule has 0 radical (unpaired) electrons. The molecule has 0 spiro atoms. The van der Waals surface area contributed by atoms with Crippen LogP contribution in [0.1, 0.15) is 12.8 Å². The van der Waals surface area contributed by atoms with Crippen LogP contribution in [-0.2, 0) is 4.74 Å². The molecule has 1 fully saturated rings. The molecule has 0 atom stereocenters. The molecule has 0 bridgehead atoms. The van der Waals surface area contributed by atoms with Crippen LogP contribution in [0.2, 0.25) is 0 Å². The van der Waals surface area contributed by atoms with Crippen LogP contribution < -0.4 is 0 Å². The summed E-state index contributed by atoms with van der Waals surface area (Å²) in [5, 5.41) is 0. The molecule has 0 aromatic heterocycles. The van der Waals surface area contributed by atoms with E-state index >= 15 is 0 Å². The van der Waals surface area contributed by atoms with Crippen molar-refractivity contribution in [2.24, 2.45) is 5.92 Å². The largest absolute Gasteiger partial charge is 0.365 e. The third-order valence-corrected chi connectivity index (χ3v) is 1.43. The van der Waals surface area contributed by atoms with Gasteiger partial charge in [0.2, 0.25) is 0 Å². The first kappa shape index (κ1) is 7.37. The van der Waals surface area contributed by atoms with Crippen LogP contribution >= 0.6 is 0 Å². The Morgan fingerprint density at radius 1 is 1.60 bits per heavy atom. The fourth-order valence-corrected chi connectivity index (χ4v) is 0.723. The van der Waals surface area contributed by atoms with Crippen LogP contribution in [0.3, 0.4) is 0 Å². The zero-order valence-corrected chi connectivity index (χ0v) is 6.05. The molecule has 1 rings (SSSR count). The summed E-state index contributed by atoms with van der Waals surface area (Å²) in [6.45, 7) is 1.09. The van der Waals surface area contributed by atoms with Crippen molar-refractivity contribution in [1.82, 2.24) is 0 Å². The fourth-order valence-electron chi connectivity index (χ4n) is 0.723. The minimum Gasteiger partial charge on any atom is -0.365 e. The van der Waals surface area contributed by atoms with E-state index in [4.69, 9.17) is 11.2 Å². The van der Waals surface area contributed by atoms with Crippen molar-refractivity contribution in [3.05, 3.63) is 12.2 Å². The minimum absolute atomic E-state index is 0.426. The Hall–Kier alpha value is -0.740. The maximum atomic E-state index is 5.04. The smallest absolute Gasteiger partial charge is 0.107 e. The van der Waals surface area contributed by atoms with Crippen LogP contribution in [-0.4, -0.2) is 13.2 Å². The summed E-state index contributed by atoms with van der Waals surface area (Å²) >= 11 is 0. The van der Waals surface area contributed by atoms with Crippen molar-refractivity contribution in [2.45, 2.75) is 12.8 Å². The van der Waals surface area contributed by atoms with Gasteiger partial charge >= 0.3 is 0 Å². The summed E-state index contributed by atoms with van der Waals surface area (Å²) in [6.07, 6.45) is 11.9. The quantitative estimate of drug-likeness (QED) is 0.324. The number of rotatable bonds is 4. The van der Waals surface area contributed by atoms with Crippen LogP contribution in [0.4, 0.5) is 0 Å². The highest BCUT2D eigenvalue weighted by Gasteiger charge is 2.16. The van der Waals surface area contributed by atoms with Crippen LogP contribution in [0.25, 0.3) is 0 Å². The van der Waals surface area contributed by atoms with Crippen molar-refractivity contribution in [3.8, 4) is 12.3 Å². The summed E-state index contributed by atoms with van der Waals surface area (Å²) in [5.74, 6) is 3.26. The van der Waals surface area contributed by atoms with Gasteiger partial charge in [0.05, 0.1) is 6.61 Å². The molecule has 0 amide bonds. The molecule has 1 aliphatic carbocycles. The van der Waals surface area contributed by atoms with E-state index in [0.717, 1.165) is 5.92 Å². The standard InChI is InChI=1S/C9H12O/c1-2-7-10-8-3-4-9-5-6-9/h1,3-4,9H,5-8H2. The number of hydrogen-bond acceptors (Lipinski definition) is 1. The molecule has 10 heavy (non-hydrogen) atoms. The normalized spacial score (nSPS) is 17.5. The Balaban J connectivity index is 1.89. The molecule has 0 aromatic carbocycles. The van der Waals surface area contributed by atoms with Gasteiger partial charge in [-0.05, 0) is 18.8 Å². The average Bonchev–Trinajstić information content (AvgIpc) is 2.71. The lowest BCUT2D eigenvalue weighted by Crippen LogP contribution is -1.89. The Morgan fingerprint density at radius 3 is 3.00 bits per heavy atom. The van der Waals surface area contributed by atoms with Crippen LogP contribution in [0, 0.1) is 18.3 Å². The Morgan fingerprint density at radius 2 is 2.40 bits per heavy atom. The second-order valence-corrected chi connectivity index (χ2v) is 2.48. The Kier molecular flexibility index (Phi) is 3.05. The van der Waals surface area contributed by atoms with E-state index in [2.05, 4.69) is 18.1 Å². The molecule has 0 aliphatic heterocycles. The monoisotopic (exact) mass is 136 g/mol. The van der Waals surface area contributed by atoms with Crippen LogP contribution in [0.15, 0.2) is 12.2 Å². The molecule has 0 aromatic rings. The molecule has 1 aliphatic rings.